The fourth-order valence-electron chi connectivity index (χ4n) is 4.12. The Morgan fingerprint density at radius 1 is 1.39 bits per heavy atom. The van der Waals surface area contributed by atoms with Gasteiger partial charge in [-0.25, -0.2) is 14.0 Å². The summed E-state index contributed by atoms with van der Waals surface area (Å²) in [5.74, 6) is -2.30. The van der Waals surface area contributed by atoms with Crippen LogP contribution in [0.5, 0.6) is 0 Å². The van der Waals surface area contributed by atoms with Crippen molar-refractivity contribution in [3.8, 4) is 0 Å². The number of carbonyl (C=O) groups excluding carboxylic acids is 3. The van der Waals surface area contributed by atoms with Gasteiger partial charge in [-0.15, -0.1) is 23.1 Å². The van der Waals surface area contributed by atoms with E-state index in [1.165, 1.54) is 16.7 Å². The number of β-lactam (4-membered cyclic amide) rings is 1. The van der Waals surface area contributed by atoms with Crippen molar-refractivity contribution in [2.45, 2.75) is 24.9 Å². The molecule has 2 aliphatic rings. The number of thioether (sulfide) groups is 1. The lowest BCUT2D eigenvalue weighted by Gasteiger charge is -2.50. The Bertz CT molecular complexity index is 1430. The summed E-state index contributed by atoms with van der Waals surface area (Å²) in [5.41, 5.74) is 7.04. The number of nitrogen functional groups attached to an aromatic ring is 1. The van der Waals surface area contributed by atoms with Crippen molar-refractivity contribution in [3.63, 3.8) is 0 Å². The predicted molar refractivity (Wildman–Crippen MR) is 129 cm³/mol. The first-order valence-corrected chi connectivity index (χ1v) is 12.9. The van der Waals surface area contributed by atoms with Gasteiger partial charge in [-0.2, -0.15) is 0 Å². The van der Waals surface area contributed by atoms with Gasteiger partial charge in [0.1, 0.15) is 42.7 Å². The zero-order chi connectivity index (χ0) is 25.4. The van der Waals surface area contributed by atoms with Crippen molar-refractivity contribution in [3.05, 3.63) is 59.1 Å². The summed E-state index contributed by atoms with van der Waals surface area (Å²) < 4.78 is 3.81. The molecule has 3 aromatic rings. The van der Waals surface area contributed by atoms with Crippen LogP contribution in [0.25, 0.3) is 5.65 Å². The number of imidazole rings is 1. The second kappa shape index (κ2) is 9.62. The van der Waals surface area contributed by atoms with Crippen LogP contribution in [0.4, 0.5) is 5.13 Å². The van der Waals surface area contributed by atoms with Crippen molar-refractivity contribution in [2.24, 2.45) is 5.16 Å². The Morgan fingerprint density at radius 3 is 2.94 bits per heavy atom. The number of oxime groups is 1. The van der Waals surface area contributed by atoms with Gasteiger partial charge in [-0.05, 0) is 13.0 Å². The van der Waals surface area contributed by atoms with Gasteiger partial charge in [-0.3, -0.25) is 14.5 Å². The average Bonchev–Trinajstić information content (AvgIpc) is 3.48. The molecule has 0 radical (unpaired) electrons. The minimum Gasteiger partial charge on any atom is -0.543 e. The molecular formula is C22H21N7O5S2. The number of fused-ring (bicyclic) bond motifs is 2. The normalized spacial score (nSPS) is 19.8. The smallest absolute Gasteiger partial charge is 0.286 e. The molecule has 0 unspecified atom stereocenters. The van der Waals surface area contributed by atoms with Gasteiger partial charge in [0, 0.05) is 22.8 Å². The first-order chi connectivity index (χ1) is 17.4. The number of anilines is 1. The second-order valence-corrected chi connectivity index (χ2v) is 9.92. The molecule has 36 heavy (non-hydrogen) atoms. The number of nitrogens with zero attached hydrogens (tertiary/aromatic N) is 5. The van der Waals surface area contributed by atoms with Crippen LogP contribution in [0.15, 0.2) is 58.6 Å². The van der Waals surface area contributed by atoms with E-state index in [0.29, 0.717) is 11.3 Å². The van der Waals surface area contributed by atoms with Crippen LogP contribution in [0.1, 0.15) is 12.6 Å². The Balaban J connectivity index is 1.37. The first-order valence-electron chi connectivity index (χ1n) is 10.9. The lowest BCUT2D eigenvalue weighted by molar-refractivity contribution is -0.662. The van der Waals surface area contributed by atoms with Crippen molar-refractivity contribution in [2.75, 3.05) is 18.1 Å². The lowest BCUT2D eigenvalue weighted by atomic mass is 10.0. The van der Waals surface area contributed by atoms with E-state index in [1.807, 2.05) is 45.8 Å². The summed E-state index contributed by atoms with van der Waals surface area (Å²) in [5, 5.41) is 19.8. The van der Waals surface area contributed by atoms with Gasteiger partial charge in [0.2, 0.25) is 0 Å². The van der Waals surface area contributed by atoms with Gasteiger partial charge in [0.25, 0.3) is 17.5 Å². The highest BCUT2D eigenvalue weighted by Crippen LogP contribution is 2.40. The molecule has 2 aliphatic heterocycles. The Kier molecular flexibility index (Phi) is 6.36. The van der Waals surface area contributed by atoms with Gasteiger partial charge >= 0.3 is 0 Å². The molecule has 3 aromatic heterocycles. The van der Waals surface area contributed by atoms with Crippen molar-refractivity contribution in [1.82, 2.24) is 19.6 Å². The quantitative estimate of drug-likeness (QED) is 0.165. The van der Waals surface area contributed by atoms with Crippen molar-refractivity contribution in [1.29, 1.82) is 0 Å². The number of rotatable bonds is 8. The summed E-state index contributed by atoms with van der Waals surface area (Å²) in [6.45, 7) is 2.21. The molecule has 12 nitrogen and oxygen atoms in total. The summed E-state index contributed by atoms with van der Waals surface area (Å²) in [6, 6.07) is 4.76. The lowest BCUT2D eigenvalue weighted by Crippen LogP contribution is -2.71. The predicted octanol–water partition coefficient (Wildman–Crippen LogP) is -0.890. The van der Waals surface area contributed by atoms with Gasteiger partial charge < -0.3 is 25.8 Å². The van der Waals surface area contributed by atoms with Gasteiger partial charge in [-0.1, -0.05) is 11.2 Å². The highest BCUT2D eigenvalue weighted by molar-refractivity contribution is 8.00. The maximum Gasteiger partial charge on any atom is 0.286 e. The summed E-state index contributed by atoms with van der Waals surface area (Å²) >= 11 is 2.51. The van der Waals surface area contributed by atoms with E-state index in [0.717, 1.165) is 17.0 Å². The van der Waals surface area contributed by atoms with Crippen LogP contribution in [0.2, 0.25) is 0 Å². The number of hydrogen-bond donors (Lipinski definition) is 2. The Hall–Kier alpha value is -3.91. The van der Waals surface area contributed by atoms with Crippen LogP contribution in [0.3, 0.4) is 0 Å². The van der Waals surface area contributed by atoms with Crippen LogP contribution >= 0.6 is 23.1 Å². The molecule has 2 atom stereocenters. The molecule has 1 saturated heterocycles. The van der Waals surface area contributed by atoms with Crippen molar-refractivity contribution < 1.29 is 28.9 Å². The molecule has 0 aliphatic carbocycles. The fourth-order valence-corrected chi connectivity index (χ4v) is 6.00. The number of carboxylic acid groups (broad SMARTS) is 1. The summed E-state index contributed by atoms with van der Waals surface area (Å²) in [7, 11) is 0. The molecule has 0 saturated carbocycles. The topological polar surface area (TPSA) is 158 Å². The highest BCUT2D eigenvalue weighted by Gasteiger charge is 2.53. The number of aromatic nitrogens is 3. The largest absolute Gasteiger partial charge is 0.543 e. The molecule has 5 rings (SSSR count). The molecule has 1 fully saturated rings. The average molecular weight is 528 g/mol. The zero-order valence-corrected chi connectivity index (χ0v) is 20.6. The van der Waals surface area contributed by atoms with E-state index in [2.05, 4.69) is 15.5 Å². The number of nitrogens with one attached hydrogen (secondary N) is 1. The number of aliphatic carboxylic acids is 1. The molecule has 0 bridgehead atoms. The van der Waals surface area contributed by atoms with Gasteiger partial charge in [0.15, 0.2) is 10.8 Å². The molecule has 14 heteroatoms. The third-order valence-corrected chi connectivity index (χ3v) is 7.74. The number of amides is 2. The summed E-state index contributed by atoms with van der Waals surface area (Å²) in [6.07, 6.45) is 5.60. The number of carbonyl (C=O) groups is 3. The maximum atomic E-state index is 13.0. The third kappa shape index (κ3) is 4.18. The molecular weight excluding hydrogens is 506 g/mol. The zero-order valence-electron chi connectivity index (χ0n) is 19.0. The molecule has 0 spiro atoms. The number of hydrogen-bond acceptors (Lipinski definition) is 10. The minimum absolute atomic E-state index is 0.120. The fraction of sp³-hybridized carbons (Fsp3) is 0.273. The first kappa shape index (κ1) is 23.8. The van der Waals surface area contributed by atoms with E-state index in [9.17, 15) is 19.5 Å². The standard InChI is InChI=1S/C22H21N7O5S2/c1-2-34-26-15(13-11-36-22(23)24-13)18(30)25-16-19(31)29-17(21(32)33)12(10-35-20(16)29)9-28-8-7-27-6-4-3-5-14(27)28/h3-8,11,16,20H,2,9-10H2,1H3,(H3-,23,24,25,30,32,33)/b26-15-/t16-,20-/m1/s1. The van der Waals surface area contributed by atoms with E-state index in [-0.39, 0.29) is 35.4 Å². The van der Waals surface area contributed by atoms with E-state index >= 15 is 0 Å². The molecule has 5 heterocycles. The van der Waals surface area contributed by atoms with Crippen LogP contribution < -0.4 is 20.7 Å². The third-order valence-electron chi connectivity index (χ3n) is 5.72. The molecule has 186 valence electrons. The van der Waals surface area contributed by atoms with E-state index in [4.69, 9.17) is 10.6 Å². The minimum atomic E-state index is -1.44. The Morgan fingerprint density at radius 2 is 2.22 bits per heavy atom. The molecule has 2 amide bonds. The van der Waals surface area contributed by atoms with E-state index < -0.39 is 29.2 Å². The highest BCUT2D eigenvalue weighted by atomic mass is 32.2. The van der Waals surface area contributed by atoms with Crippen LogP contribution in [-0.2, 0) is 25.8 Å². The second-order valence-electron chi connectivity index (χ2n) is 7.92. The number of carboxylic acids is 1. The SMILES string of the molecule is CCO/N=C(\C(=O)N[C@@H]1C(=O)N2C(C(=O)[O-])=C(C[n+]3ccn4ccccc43)CS[C@H]12)c1csc(N)n1. The van der Waals surface area contributed by atoms with E-state index in [1.54, 1.807) is 12.3 Å². The Labute approximate surface area is 213 Å². The monoisotopic (exact) mass is 527 g/mol. The van der Waals surface area contributed by atoms with Crippen LogP contribution in [0, 0.1) is 0 Å². The van der Waals surface area contributed by atoms with Crippen molar-refractivity contribution >= 4 is 57.4 Å². The van der Waals surface area contributed by atoms with Crippen LogP contribution in [-0.4, -0.2) is 61.6 Å². The number of thiazole rings is 1. The van der Waals surface area contributed by atoms with Gasteiger partial charge in [0.05, 0.1) is 17.9 Å². The summed E-state index contributed by atoms with van der Waals surface area (Å²) in [4.78, 5) is 48.4. The number of nitrogens with two attached hydrogens (primary N) is 1. The number of pyridine rings is 1. The molecule has 3 N–H and O–H groups in total. The maximum absolute atomic E-state index is 13.0. The molecule has 0 aromatic carbocycles.